The van der Waals surface area contributed by atoms with E-state index >= 15 is 0 Å². The van der Waals surface area contributed by atoms with Crippen molar-refractivity contribution in [1.29, 1.82) is 0 Å². The SMILES string of the molecule is CCS(=O)(=O)c1ccc(Cl)cc1CNC(=O)c1cc(Cl)c(CN2CCC[C@H](NC(=O)C3CCCCN3)C2)c(C(F)(F)F)c1. The van der Waals surface area contributed by atoms with Gasteiger partial charge in [-0.1, -0.05) is 36.5 Å². The molecule has 14 heteroatoms. The molecule has 0 bridgehead atoms. The van der Waals surface area contributed by atoms with Gasteiger partial charge in [-0.05, 0) is 80.2 Å². The molecular formula is C29H35Cl2F3N4O4S. The second kappa shape index (κ2) is 14.2. The fraction of sp³-hybridized carbons (Fsp3) is 0.517. The first kappa shape index (κ1) is 33.5. The van der Waals surface area contributed by atoms with Crippen LogP contribution in [-0.2, 0) is 33.9 Å². The van der Waals surface area contributed by atoms with Gasteiger partial charge >= 0.3 is 6.18 Å². The standard InChI is InChI=1S/C29H35Cl2F3N4O4S/c1-2-43(41,42)26-9-8-20(30)12-19(26)15-36-27(39)18-13-23(29(32,33)34)22(24(31)14-18)17-38-11-5-6-21(16-38)37-28(40)25-7-3-4-10-35-25/h8-9,12-14,21,25,35H,2-7,10-11,15-17H2,1H3,(H,36,39)(H,37,40)/t21-,25?/m0/s1. The van der Waals surface area contributed by atoms with Gasteiger partial charge in [-0.25, -0.2) is 8.42 Å². The molecule has 1 unspecified atom stereocenters. The highest BCUT2D eigenvalue weighted by Crippen LogP contribution is 2.37. The molecule has 2 aliphatic rings. The van der Waals surface area contributed by atoms with E-state index in [1.165, 1.54) is 31.2 Å². The van der Waals surface area contributed by atoms with Gasteiger partial charge in [0.25, 0.3) is 5.91 Å². The Bertz CT molecular complexity index is 1450. The number of alkyl halides is 3. The molecule has 0 saturated carbocycles. The molecule has 0 aromatic heterocycles. The number of nitrogens with zero attached hydrogens (tertiary/aromatic N) is 1. The number of hydrogen-bond donors (Lipinski definition) is 3. The number of amides is 2. The Hall–Kier alpha value is -2.38. The predicted octanol–water partition coefficient (Wildman–Crippen LogP) is 4.96. The van der Waals surface area contributed by atoms with E-state index in [1.807, 2.05) is 4.90 Å². The Labute approximate surface area is 259 Å². The minimum Gasteiger partial charge on any atom is -0.351 e. The average molecular weight is 664 g/mol. The van der Waals surface area contributed by atoms with Gasteiger partial charge in [0.15, 0.2) is 9.84 Å². The van der Waals surface area contributed by atoms with Gasteiger partial charge in [-0.3, -0.25) is 14.5 Å². The van der Waals surface area contributed by atoms with Crippen molar-refractivity contribution in [1.82, 2.24) is 20.9 Å². The molecule has 2 heterocycles. The van der Waals surface area contributed by atoms with Gasteiger partial charge in [0.1, 0.15) is 0 Å². The van der Waals surface area contributed by atoms with Gasteiger partial charge in [0, 0.05) is 41.3 Å². The molecule has 2 aromatic carbocycles. The van der Waals surface area contributed by atoms with E-state index in [1.54, 1.807) is 0 Å². The van der Waals surface area contributed by atoms with Crippen LogP contribution in [0.5, 0.6) is 0 Å². The molecule has 4 rings (SSSR count). The van der Waals surface area contributed by atoms with Crippen LogP contribution in [0.15, 0.2) is 35.2 Å². The predicted molar refractivity (Wildman–Crippen MR) is 159 cm³/mol. The minimum absolute atomic E-state index is 0.0184. The van der Waals surface area contributed by atoms with E-state index < -0.39 is 27.5 Å². The Balaban J connectivity index is 1.49. The fourth-order valence-corrected chi connectivity index (χ4v) is 7.11. The van der Waals surface area contributed by atoms with Gasteiger partial charge < -0.3 is 16.0 Å². The second-order valence-corrected chi connectivity index (χ2v) is 14.0. The van der Waals surface area contributed by atoms with E-state index in [0.29, 0.717) is 19.5 Å². The number of hydrogen-bond acceptors (Lipinski definition) is 6. The van der Waals surface area contributed by atoms with Crippen LogP contribution in [0.4, 0.5) is 13.2 Å². The number of sulfone groups is 1. The highest BCUT2D eigenvalue weighted by Gasteiger charge is 2.36. The zero-order chi connectivity index (χ0) is 31.4. The fourth-order valence-electron chi connectivity index (χ4n) is 5.52. The third kappa shape index (κ3) is 8.63. The van der Waals surface area contributed by atoms with E-state index in [0.717, 1.165) is 38.3 Å². The Morgan fingerprint density at radius 2 is 1.86 bits per heavy atom. The van der Waals surface area contributed by atoms with E-state index in [-0.39, 0.29) is 68.5 Å². The molecule has 3 N–H and O–H groups in total. The summed E-state index contributed by atoms with van der Waals surface area (Å²) in [5.41, 5.74) is -1.28. The number of likely N-dealkylation sites (tertiary alicyclic amines) is 1. The zero-order valence-electron chi connectivity index (χ0n) is 23.7. The first-order chi connectivity index (χ1) is 20.3. The molecule has 43 heavy (non-hydrogen) atoms. The van der Waals surface area contributed by atoms with Crippen molar-refractivity contribution >= 4 is 44.9 Å². The lowest BCUT2D eigenvalue weighted by Gasteiger charge is -2.35. The van der Waals surface area contributed by atoms with Gasteiger partial charge in [-0.2, -0.15) is 13.2 Å². The van der Waals surface area contributed by atoms with Crippen LogP contribution < -0.4 is 16.0 Å². The van der Waals surface area contributed by atoms with Crippen molar-refractivity contribution in [3.8, 4) is 0 Å². The third-order valence-corrected chi connectivity index (χ3v) is 10.2. The zero-order valence-corrected chi connectivity index (χ0v) is 26.0. The summed E-state index contributed by atoms with van der Waals surface area (Å²) in [6, 6.07) is 5.63. The normalized spacial score (nSPS) is 20.0. The summed E-state index contributed by atoms with van der Waals surface area (Å²) < 4.78 is 67.7. The minimum atomic E-state index is -4.79. The molecule has 0 aliphatic carbocycles. The first-order valence-electron chi connectivity index (χ1n) is 14.2. The summed E-state index contributed by atoms with van der Waals surface area (Å²) in [5.74, 6) is -1.12. The van der Waals surface area contributed by atoms with Crippen molar-refractivity contribution in [2.24, 2.45) is 0 Å². The van der Waals surface area contributed by atoms with Crippen LogP contribution in [0, 0.1) is 0 Å². The lowest BCUT2D eigenvalue weighted by Crippen LogP contribution is -2.53. The lowest BCUT2D eigenvalue weighted by molar-refractivity contribution is -0.138. The summed E-state index contributed by atoms with van der Waals surface area (Å²) in [7, 11) is -3.64. The lowest BCUT2D eigenvalue weighted by atomic mass is 9.99. The van der Waals surface area contributed by atoms with Gasteiger partial charge in [0.2, 0.25) is 5.91 Å². The van der Waals surface area contributed by atoms with E-state index in [9.17, 15) is 31.2 Å². The van der Waals surface area contributed by atoms with Crippen molar-refractivity contribution < 1.29 is 31.2 Å². The molecular weight excluding hydrogens is 628 g/mol. The molecule has 2 aliphatic heterocycles. The smallest absolute Gasteiger partial charge is 0.351 e. The average Bonchev–Trinajstić information content (AvgIpc) is 2.96. The second-order valence-electron chi connectivity index (χ2n) is 10.9. The van der Waals surface area contributed by atoms with Crippen LogP contribution in [-0.4, -0.2) is 62.6 Å². The number of nitrogens with one attached hydrogen (secondary N) is 3. The van der Waals surface area contributed by atoms with Crippen LogP contribution in [0.2, 0.25) is 10.0 Å². The molecule has 2 aromatic rings. The van der Waals surface area contributed by atoms with Crippen molar-refractivity contribution in [3.05, 3.63) is 62.6 Å². The Morgan fingerprint density at radius 3 is 2.53 bits per heavy atom. The highest BCUT2D eigenvalue weighted by molar-refractivity contribution is 7.91. The van der Waals surface area contributed by atoms with Gasteiger partial charge in [-0.15, -0.1) is 0 Å². The van der Waals surface area contributed by atoms with Crippen molar-refractivity contribution in [2.45, 2.75) is 75.3 Å². The molecule has 2 fully saturated rings. The maximum atomic E-state index is 14.2. The summed E-state index contributed by atoms with van der Waals surface area (Å²) in [6.07, 6.45) is -0.623. The quantitative estimate of drug-likeness (QED) is 0.351. The molecule has 0 radical (unpaired) electrons. The van der Waals surface area contributed by atoms with Crippen molar-refractivity contribution in [2.75, 3.05) is 25.4 Å². The highest BCUT2D eigenvalue weighted by atomic mass is 35.5. The third-order valence-electron chi connectivity index (χ3n) is 7.80. The Morgan fingerprint density at radius 1 is 1.09 bits per heavy atom. The number of benzene rings is 2. The monoisotopic (exact) mass is 662 g/mol. The van der Waals surface area contributed by atoms with Gasteiger partial charge in [0.05, 0.1) is 22.3 Å². The van der Waals surface area contributed by atoms with Crippen LogP contribution in [0.3, 0.4) is 0 Å². The van der Waals surface area contributed by atoms with Crippen molar-refractivity contribution in [3.63, 3.8) is 0 Å². The summed E-state index contributed by atoms with van der Waals surface area (Å²) in [4.78, 5) is 27.5. The summed E-state index contributed by atoms with van der Waals surface area (Å²) in [6.45, 7) is 2.79. The number of carbonyl (C=O) groups is 2. The van der Waals surface area contributed by atoms with E-state index in [4.69, 9.17) is 23.2 Å². The number of halogens is 5. The van der Waals surface area contributed by atoms with E-state index in [2.05, 4.69) is 16.0 Å². The Kier molecular flexibility index (Phi) is 11.0. The number of rotatable bonds is 9. The molecule has 2 atom stereocenters. The number of carbonyl (C=O) groups excluding carboxylic acids is 2. The van der Waals surface area contributed by atoms with Crippen LogP contribution >= 0.6 is 23.2 Å². The molecule has 2 amide bonds. The molecule has 8 nitrogen and oxygen atoms in total. The first-order valence-corrected chi connectivity index (χ1v) is 16.6. The molecule has 2 saturated heterocycles. The molecule has 0 spiro atoms. The van der Waals surface area contributed by atoms with Crippen LogP contribution in [0.25, 0.3) is 0 Å². The maximum Gasteiger partial charge on any atom is 0.416 e. The van der Waals surface area contributed by atoms with Crippen LogP contribution in [0.1, 0.15) is 66.1 Å². The molecule has 236 valence electrons. The maximum absolute atomic E-state index is 14.2. The topological polar surface area (TPSA) is 108 Å². The summed E-state index contributed by atoms with van der Waals surface area (Å²) >= 11 is 12.4. The summed E-state index contributed by atoms with van der Waals surface area (Å²) in [5, 5.41) is 8.77. The number of piperidine rings is 2. The largest absolute Gasteiger partial charge is 0.416 e.